The third kappa shape index (κ3) is 3.69. The molecule has 2 heterocycles. The first-order valence-corrected chi connectivity index (χ1v) is 10.4. The third-order valence-corrected chi connectivity index (χ3v) is 6.91. The van der Waals surface area contributed by atoms with Crippen LogP contribution in [0.3, 0.4) is 0 Å². The van der Waals surface area contributed by atoms with Gasteiger partial charge in [0.2, 0.25) is 0 Å². The van der Waals surface area contributed by atoms with E-state index in [9.17, 15) is 4.79 Å². The van der Waals surface area contributed by atoms with Crippen molar-refractivity contribution >= 4 is 33.2 Å². The van der Waals surface area contributed by atoms with Gasteiger partial charge in [0.25, 0.3) is 0 Å². The first kappa shape index (κ1) is 18.0. The van der Waals surface area contributed by atoms with Gasteiger partial charge in [0, 0.05) is 22.1 Å². The zero-order chi connectivity index (χ0) is 18.8. The van der Waals surface area contributed by atoms with E-state index in [0.29, 0.717) is 11.5 Å². The molecule has 140 valence electrons. The average molecular weight is 381 g/mol. The summed E-state index contributed by atoms with van der Waals surface area (Å²) in [4.78, 5) is 18.1. The number of carboxylic acids is 1. The maximum Gasteiger partial charge on any atom is 0.335 e. The quantitative estimate of drug-likeness (QED) is 0.567. The van der Waals surface area contributed by atoms with Crippen LogP contribution in [0.2, 0.25) is 0 Å². The Bertz CT molecular complexity index is 943. The number of rotatable bonds is 5. The van der Waals surface area contributed by atoms with E-state index in [1.807, 2.05) is 24.4 Å². The highest BCUT2D eigenvalue weighted by molar-refractivity contribution is 7.19. The molecule has 1 aliphatic rings. The number of aromatic carboxylic acids is 1. The zero-order valence-corrected chi connectivity index (χ0v) is 16.3. The molecule has 1 saturated carbocycles. The van der Waals surface area contributed by atoms with E-state index >= 15 is 0 Å². The molecule has 1 aliphatic carbocycles. The summed E-state index contributed by atoms with van der Waals surface area (Å²) in [5.41, 5.74) is 2.60. The highest BCUT2D eigenvalue weighted by Gasteiger charge is 2.28. The molecule has 0 radical (unpaired) electrons. The van der Waals surface area contributed by atoms with Gasteiger partial charge in [-0.1, -0.05) is 25.3 Å². The van der Waals surface area contributed by atoms with Crippen LogP contribution in [0.25, 0.3) is 10.2 Å². The summed E-state index contributed by atoms with van der Waals surface area (Å²) < 4.78 is 0. The molecule has 3 aromatic rings. The number of fused-ring (bicyclic) bond motifs is 1. The first-order chi connectivity index (χ1) is 13.1. The number of nitrogens with zero attached hydrogens (tertiary/aromatic N) is 1. The molecule has 27 heavy (non-hydrogen) atoms. The maximum atomic E-state index is 11.1. The molecule has 1 atom stereocenters. The van der Waals surface area contributed by atoms with Gasteiger partial charge in [-0.2, -0.15) is 0 Å². The molecule has 0 aliphatic heterocycles. The van der Waals surface area contributed by atoms with Crippen molar-refractivity contribution in [3.63, 3.8) is 0 Å². The van der Waals surface area contributed by atoms with Gasteiger partial charge < -0.3 is 10.4 Å². The molecule has 0 bridgehead atoms. The van der Waals surface area contributed by atoms with Crippen LogP contribution in [0.5, 0.6) is 0 Å². The summed E-state index contributed by atoms with van der Waals surface area (Å²) in [5, 5.41) is 14.1. The number of nitrogens with one attached hydrogen (secondary N) is 1. The second kappa shape index (κ2) is 7.69. The fourth-order valence-corrected chi connectivity index (χ4v) is 5.42. The third-order valence-electron chi connectivity index (χ3n) is 5.61. The SMILES string of the molecule is Cc1c(C(Nc2ccc(C(=O)O)cc2)C2CCCCC2)sc2ncccc12. The van der Waals surface area contributed by atoms with Gasteiger partial charge in [0.05, 0.1) is 11.6 Å². The van der Waals surface area contributed by atoms with Crippen molar-refractivity contribution in [1.82, 2.24) is 4.98 Å². The summed E-state index contributed by atoms with van der Waals surface area (Å²) >= 11 is 1.79. The van der Waals surface area contributed by atoms with E-state index in [1.165, 1.54) is 47.9 Å². The van der Waals surface area contributed by atoms with E-state index < -0.39 is 5.97 Å². The number of carboxylic acid groups (broad SMARTS) is 1. The van der Waals surface area contributed by atoms with Gasteiger partial charge >= 0.3 is 5.97 Å². The van der Waals surface area contributed by atoms with Crippen molar-refractivity contribution in [3.05, 3.63) is 58.6 Å². The van der Waals surface area contributed by atoms with Crippen LogP contribution in [-0.2, 0) is 0 Å². The zero-order valence-electron chi connectivity index (χ0n) is 15.4. The molecule has 1 aromatic carbocycles. The molecule has 0 amide bonds. The second-order valence-corrected chi connectivity index (χ2v) is 8.38. The number of aryl methyl sites for hydroxylation is 1. The Kier molecular flexibility index (Phi) is 5.12. The Morgan fingerprint density at radius 3 is 2.59 bits per heavy atom. The van der Waals surface area contributed by atoms with Crippen molar-refractivity contribution in [2.45, 2.75) is 45.1 Å². The molecule has 4 nitrogen and oxygen atoms in total. The van der Waals surface area contributed by atoms with Crippen molar-refractivity contribution in [2.24, 2.45) is 5.92 Å². The number of anilines is 1. The molecule has 0 saturated heterocycles. The monoisotopic (exact) mass is 380 g/mol. The standard InChI is InChI=1S/C22H24N2O2S/c1-14-18-8-5-13-23-21(18)27-20(14)19(15-6-3-2-4-7-15)24-17-11-9-16(10-12-17)22(25)26/h5,8-13,15,19,24H,2-4,6-7H2,1H3,(H,25,26). The predicted octanol–water partition coefficient (Wildman–Crippen LogP) is 6.04. The smallest absolute Gasteiger partial charge is 0.335 e. The lowest BCUT2D eigenvalue weighted by Crippen LogP contribution is -2.23. The van der Waals surface area contributed by atoms with Crippen molar-refractivity contribution in [1.29, 1.82) is 0 Å². The van der Waals surface area contributed by atoms with Crippen molar-refractivity contribution < 1.29 is 9.90 Å². The molecular formula is C22H24N2O2S. The molecule has 5 heteroatoms. The number of pyridine rings is 1. The van der Waals surface area contributed by atoms with E-state index in [1.54, 1.807) is 23.5 Å². The van der Waals surface area contributed by atoms with Gasteiger partial charge in [-0.05, 0) is 61.6 Å². The van der Waals surface area contributed by atoms with Gasteiger partial charge in [0.1, 0.15) is 4.83 Å². The van der Waals surface area contributed by atoms with Gasteiger partial charge in [-0.25, -0.2) is 9.78 Å². The number of aromatic nitrogens is 1. The second-order valence-electron chi connectivity index (χ2n) is 7.35. The highest BCUT2D eigenvalue weighted by atomic mass is 32.1. The summed E-state index contributed by atoms with van der Waals surface area (Å²) in [6, 6.07) is 11.5. The van der Waals surface area contributed by atoms with Crippen LogP contribution in [0.4, 0.5) is 5.69 Å². The Balaban J connectivity index is 1.69. The molecule has 0 spiro atoms. The molecule has 4 rings (SSSR count). The number of hydrogen-bond donors (Lipinski definition) is 2. The average Bonchev–Trinajstić information content (AvgIpc) is 3.04. The molecule has 2 aromatic heterocycles. The number of benzene rings is 1. The van der Waals surface area contributed by atoms with Crippen LogP contribution in [0, 0.1) is 12.8 Å². The minimum Gasteiger partial charge on any atom is -0.478 e. The minimum atomic E-state index is -0.892. The maximum absolute atomic E-state index is 11.1. The largest absolute Gasteiger partial charge is 0.478 e. The van der Waals surface area contributed by atoms with E-state index in [2.05, 4.69) is 23.3 Å². The predicted molar refractivity (Wildman–Crippen MR) is 111 cm³/mol. The van der Waals surface area contributed by atoms with Crippen LogP contribution >= 0.6 is 11.3 Å². The Morgan fingerprint density at radius 1 is 1.19 bits per heavy atom. The minimum absolute atomic E-state index is 0.236. The Hall–Kier alpha value is -2.40. The Labute approximate surface area is 163 Å². The van der Waals surface area contributed by atoms with Crippen LogP contribution in [-0.4, -0.2) is 16.1 Å². The lowest BCUT2D eigenvalue weighted by molar-refractivity contribution is 0.0697. The van der Waals surface area contributed by atoms with Crippen molar-refractivity contribution in [2.75, 3.05) is 5.32 Å². The lowest BCUT2D eigenvalue weighted by atomic mass is 9.82. The summed E-state index contributed by atoms with van der Waals surface area (Å²) in [7, 11) is 0. The first-order valence-electron chi connectivity index (χ1n) is 9.57. The van der Waals surface area contributed by atoms with Gasteiger partial charge in [0.15, 0.2) is 0 Å². The van der Waals surface area contributed by atoms with Gasteiger partial charge in [-0.3, -0.25) is 0 Å². The fourth-order valence-electron chi connectivity index (χ4n) is 4.12. The number of carbonyl (C=O) groups is 1. The van der Waals surface area contributed by atoms with Crippen molar-refractivity contribution in [3.8, 4) is 0 Å². The highest BCUT2D eigenvalue weighted by Crippen LogP contribution is 2.42. The summed E-state index contributed by atoms with van der Waals surface area (Å²) in [6.07, 6.45) is 8.20. The van der Waals surface area contributed by atoms with Crippen LogP contribution in [0.15, 0.2) is 42.6 Å². The number of hydrogen-bond acceptors (Lipinski definition) is 4. The number of thiophene rings is 1. The van der Waals surface area contributed by atoms with Gasteiger partial charge in [-0.15, -0.1) is 11.3 Å². The lowest BCUT2D eigenvalue weighted by Gasteiger charge is -2.31. The van der Waals surface area contributed by atoms with Crippen LogP contribution in [0.1, 0.15) is 58.9 Å². The topological polar surface area (TPSA) is 62.2 Å². The summed E-state index contributed by atoms with van der Waals surface area (Å²) in [5.74, 6) is -0.304. The van der Waals surface area contributed by atoms with E-state index in [-0.39, 0.29) is 6.04 Å². The normalized spacial score (nSPS) is 16.3. The fraction of sp³-hybridized carbons (Fsp3) is 0.364. The Morgan fingerprint density at radius 2 is 1.93 bits per heavy atom. The van der Waals surface area contributed by atoms with Crippen LogP contribution < -0.4 is 5.32 Å². The molecule has 1 unspecified atom stereocenters. The van der Waals surface area contributed by atoms with E-state index in [0.717, 1.165) is 10.5 Å². The molecule has 1 fully saturated rings. The summed E-state index contributed by atoms with van der Waals surface area (Å²) in [6.45, 7) is 2.20. The molecule has 2 N–H and O–H groups in total. The molecular weight excluding hydrogens is 356 g/mol. The van der Waals surface area contributed by atoms with E-state index in [4.69, 9.17) is 5.11 Å².